The van der Waals surface area contributed by atoms with Crippen LogP contribution in [0.5, 0.6) is 17.2 Å². The molecule has 1 aliphatic rings. The molecule has 5 rings (SSSR count). The standard InChI is InChI=1S/C29H24BrN3O5S/c1-16-24(27(35)32-19-7-5-4-6-8-19)25(18-9-11-20(37-2)12-10-18)33-28(36)23(39-29(33)31-16)15-17-13-21(30)26(34)22(14-17)38-3/h4-15,25,34H,1-3H3,(H,32,35)/b23-15+/t25-/m0/s1. The van der Waals surface area contributed by atoms with Gasteiger partial charge in [0.2, 0.25) is 0 Å². The fraction of sp³-hybridized carbons (Fsp3) is 0.138. The van der Waals surface area contributed by atoms with Crippen LogP contribution in [0.3, 0.4) is 0 Å². The lowest BCUT2D eigenvalue weighted by molar-refractivity contribution is -0.113. The molecule has 39 heavy (non-hydrogen) atoms. The van der Waals surface area contributed by atoms with Crippen molar-refractivity contribution >= 4 is 44.9 Å². The Labute approximate surface area is 236 Å². The third kappa shape index (κ3) is 5.13. The van der Waals surface area contributed by atoms with Crippen LogP contribution in [0.15, 0.2) is 92.3 Å². The number of halogens is 1. The number of carbonyl (C=O) groups is 1. The number of hydrogen-bond acceptors (Lipinski definition) is 7. The van der Waals surface area contributed by atoms with Crippen LogP contribution in [-0.2, 0) is 4.79 Å². The van der Waals surface area contributed by atoms with E-state index in [0.717, 1.165) is 5.56 Å². The van der Waals surface area contributed by atoms with E-state index in [2.05, 4.69) is 26.2 Å². The maximum atomic E-state index is 13.9. The third-order valence-corrected chi connectivity index (χ3v) is 7.89. The lowest BCUT2D eigenvalue weighted by Crippen LogP contribution is -2.40. The summed E-state index contributed by atoms with van der Waals surface area (Å²) in [5.41, 5.74) is 2.63. The van der Waals surface area contributed by atoms with Crippen molar-refractivity contribution in [1.82, 2.24) is 4.57 Å². The van der Waals surface area contributed by atoms with Gasteiger partial charge in [-0.1, -0.05) is 41.7 Å². The van der Waals surface area contributed by atoms with Gasteiger partial charge in [-0.15, -0.1) is 0 Å². The number of ether oxygens (including phenoxy) is 2. The lowest BCUT2D eigenvalue weighted by atomic mass is 9.95. The summed E-state index contributed by atoms with van der Waals surface area (Å²) in [6, 6.07) is 19.1. The number of carbonyl (C=O) groups excluding carboxylic acids is 1. The first kappa shape index (κ1) is 26.5. The average molecular weight is 606 g/mol. The number of rotatable bonds is 6. The minimum atomic E-state index is -0.709. The van der Waals surface area contributed by atoms with E-state index in [9.17, 15) is 14.7 Å². The molecule has 0 spiro atoms. The number of para-hydroxylation sites is 1. The second kappa shape index (κ2) is 10.9. The molecule has 10 heteroatoms. The zero-order valence-corrected chi connectivity index (χ0v) is 23.7. The first-order valence-corrected chi connectivity index (χ1v) is 13.5. The summed E-state index contributed by atoms with van der Waals surface area (Å²) in [5.74, 6) is 0.564. The van der Waals surface area contributed by atoms with Gasteiger partial charge in [0.25, 0.3) is 11.5 Å². The van der Waals surface area contributed by atoms with Crippen LogP contribution < -0.4 is 29.7 Å². The molecule has 3 aromatic carbocycles. The van der Waals surface area contributed by atoms with Crippen molar-refractivity contribution in [2.45, 2.75) is 13.0 Å². The highest BCUT2D eigenvalue weighted by Gasteiger charge is 2.32. The molecule has 2 N–H and O–H groups in total. The largest absolute Gasteiger partial charge is 0.503 e. The molecule has 1 aromatic heterocycles. The Hall–Kier alpha value is -4.15. The number of nitrogens with zero attached hydrogens (tertiary/aromatic N) is 2. The van der Waals surface area contributed by atoms with Gasteiger partial charge < -0.3 is 19.9 Å². The van der Waals surface area contributed by atoms with Crippen LogP contribution in [0.1, 0.15) is 24.1 Å². The molecule has 0 saturated heterocycles. The normalized spacial score (nSPS) is 15.0. The minimum absolute atomic E-state index is 0.0275. The molecule has 0 unspecified atom stereocenters. The molecule has 1 atom stereocenters. The molecular weight excluding hydrogens is 582 g/mol. The fourth-order valence-corrected chi connectivity index (χ4v) is 5.92. The second-order valence-corrected chi connectivity index (χ2v) is 10.6. The summed E-state index contributed by atoms with van der Waals surface area (Å²) in [4.78, 5) is 32.6. The van der Waals surface area contributed by atoms with Crippen molar-refractivity contribution < 1.29 is 19.4 Å². The van der Waals surface area contributed by atoms with Crippen molar-refractivity contribution in [2.24, 2.45) is 4.99 Å². The Balaban J connectivity index is 1.68. The van der Waals surface area contributed by atoms with Gasteiger partial charge in [0.1, 0.15) is 5.75 Å². The Morgan fingerprint density at radius 1 is 1.10 bits per heavy atom. The number of allylic oxidation sites excluding steroid dienone is 1. The Bertz CT molecular complexity index is 1780. The highest BCUT2D eigenvalue weighted by atomic mass is 79.9. The number of benzene rings is 3. The molecule has 198 valence electrons. The van der Waals surface area contributed by atoms with Gasteiger partial charge in [-0.3, -0.25) is 14.2 Å². The van der Waals surface area contributed by atoms with E-state index in [1.807, 2.05) is 30.3 Å². The Morgan fingerprint density at radius 2 is 1.82 bits per heavy atom. The molecule has 0 aliphatic carbocycles. The monoisotopic (exact) mass is 605 g/mol. The van der Waals surface area contributed by atoms with Gasteiger partial charge in [0.15, 0.2) is 16.3 Å². The summed E-state index contributed by atoms with van der Waals surface area (Å²) >= 11 is 4.55. The molecule has 1 amide bonds. The quantitative estimate of drug-likeness (QED) is 0.340. The highest BCUT2D eigenvalue weighted by Crippen LogP contribution is 2.35. The van der Waals surface area contributed by atoms with Crippen LogP contribution in [0.4, 0.5) is 5.69 Å². The van der Waals surface area contributed by atoms with E-state index in [4.69, 9.17) is 9.47 Å². The second-order valence-electron chi connectivity index (χ2n) is 8.73. The van der Waals surface area contributed by atoms with Gasteiger partial charge in [0.05, 0.1) is 40.5 Å². The summed E-state index contributed by atoms with van der Waals surface area (Å²) < 4.78 is 13.0. The summed E-state index contributed by atoms with van der Waals surface area (Å²) in [6.07, 6.45) is 1.71. The first-order valence-electron chi connectivity index (χ1n) is 11.9. The molecule has 0 saturated carbocycles. The molecule has 0 fully saturated rings. The molecule has 4 aromatic rings. The zero-order chi connectivity index (χ0) is 27.7. The van der Waals surface area contributed by atoms with E-state index in [1.165, 1.54) is 18.4 Å². The number of aromatic hydroxyl groups is 1. The van der Waals surface area contributed by atoms with Crippen molar-refractivity contribution in [2.75, 3.05) is 19.5 Å². The number of hydrogen-bond donors (Lipinski definition) is 2. The van der Waals surface area contributed by atoms with Crippen LogP contribution >= 0.6 is 27.3 Å². The maximum absolute atomic E-state index is 13.9. The van der Waals surface area contributed by atoms with E-state index in [0.29, 0.717) is 42.1 Å². The average Bonchev–Trinajstić information content (AvgIpc) is 3.24. The highest BCUT2D eigenvalue weighted by molar-refractivity contribution is 9.10. The summed E-state index contributed by atoms with van der Waals surface area (Å²) in [5, 5.41) is 13.1. The van der Waals surface area contributed by atoms with Crippen LogP contribution in [0, 0.1) is 0 Å². The van der Waals surface area contributed by atoms with Gasteiger partial charge in [-0.25, -0.2) is 4.99 Å². The van der Waals surface area contributed by atoms with Crippen molar-refractivity contribution in [3.63, 3.8) is 0 Å². The minimum Gasteiger partial charge on any atom is -0.503 e. The number of anilines is 1. The predicted octanol–water partition coefficient (Wildman–Crippen LogP) is 4.36. The molecular formula is C29H24BrN3O5S. The summed E-state index contributed by atoms with van der Waals surface area (Å²) in [7, 11) is 3.04. The summed E-state index contributed by atoms with van der Waals surface area (Å²) in [6.45, 7) is 1.77. The third-order valence-electron chi connectivity index (χ3n) is 6.30. The number of fused-ring (bicyclic) bond motifs is 1. The van der Waals surface area contributed by atoms with Crippen LogP contribution in [-0.4, -0.2) is 29.8 Å². The number of aromatic nitrogens is 1. The Morgan fingerprint density at radius 3 is 2.49 bits per heavy atom. The number of methoxy groups -OCH3 is 2. The number of phenolic OH excluding ortho intramolecular Hbond substituents is 1. The molecule has 2 heterocycles. The molecule has 0 bridgehead atoms. The van der Waals surface area contributed by atoms with Gasteiger partial charge in [-0.05, 0) is 76.5 Å². The van der Waals surface area contributed by atoms with Crippen LogP contribution in [0.25, 0.3) is 6.08 Å². The van der Waals surface area contributed by atoms with Crippen LogP contribution in [0.2, 0.25) is 0 Å². The first-order chi connectivity index (χ1) is 18.8. The van der Waals surface area contributed by atoms with E-state index >= 15 is 0 Å². The lowest BCUT2D eigenvalue weighted by Gasteiger charge is -2.25. The number of thiazole rings is 1. The van der Waals surface area contributed by atoms with Crippen molar-refractivity contribution in [1.29, 1.82) is 0 Å². The van der Waals surface area contributed by atoms with E-state index < -0.39 is 6.04 Å². The maximum Gasteiger partial charge on any atom is 0.271 e. The number of phenols is 1. The molecule has 8 nitrogen and oxygen atoms in total. The van der Waals surface area contributed by atoms with E-state index in [-0.39, 0.29) is 23.0 Å². The topological polar surface area (TPSA) is 102 Å². The number of amides is 1. The van der Waals surface area contributed by atoms with Crippen molar-refractivity contribution in [3.8, 4) is 17.2 Å². The molecule has 1 aliphatic heterocycles. The van der Waals surface area contributed by atoms with Gasteiger partial charge >= 0.3 is 0 Å². The van der Waals surface area contributed by atoms with Gasteiger partial charge in [0, 0.05) is 5.69 Å². The smallest absolute Gasteiger partial charge is 0.271 e. The SMILES string of the molecule is COc1ccc([C@H]2C(C(=O)Nc3ccccc3)=C(C)N=c3s/c(=C/c4cc(Br)c(O)c(OC)c4)c(=O)n32)cc1. The Kier molecular flexibility index (Phi) is 7.40. The molecule has 0 radical (unpaired) electrons. The fourth-order valence-electron chi connectivity index (χ4n) is 4.42. The zero-order valence-electron chi connectivity index (χ0n) is 21.3. The van der Waals surface area contributed by atoms with Crippen molar-refractivity contribution in [3.05, 3.63) is 113 Å². The van der Waals surface area contributed by atoms with E-state index in [1.54, 1.807) is 61.1 Å². The number of nitrogens with one attached hydrogen (secondary N) is 1. The van der Waals surface area contributed by atoms with Gasteiger partial charge in [-0.2, -0.15) is 0 Å². The predicted molar refractivity (Wildman–Crippen MR) is 154 cm³/mol.